The third kappa shape index (κ3) is 6.46. The first-order valence-corrected chi connectivity index (χ1v) is 5.79. The molecule has 0 spiro atoms. The fourth-order valence-electron chi connectivity index (χ4n) is 1.24. The molecule has 0 aliphatic heterocycles. The summed E-state index contributed by atoms with van der Waals surface area (Å²) in [5.74, 6) is -0.646. The Hall–Kier alpha value is -2.03. The normalized spacial score (nSPS) is 14.3. The summed E-state index contributed by atoms with van der Waals surface area (Å²) in [7, 11) is 1.22. The van der Waals surface area contributed by atoms with Crippen LogP contribution in [0.3, 0.4) is 0 Å². The summed E-state index contributed by atoms with van der Waals surface area (Å²) in [5.41, 5.74) is -2.04. The van der Waals surface area contributed by atoms with Gasteiger partial charge in [-0.1, -0.05) is 12.2 Å². The summed E-state index contributed by atoms with van der Waals surface area (Å²) in [6.45, 7) is 6.62. The Kier molecular flexibility index (Phi) is 6.06. The van der Waals surface area contributed by atoms with E-state index in [0.29, 0.717) is 0 Å². The Bertz CT molecular complexity index is 404. The fraction of sp³-hybridized carbons (Fsp3) is 0.615. The summed E-state index contributed by atoms with van der Waals surface area (Å²) < 4.78 is 9.71. The van der Waals surface area contributed by atoms with Crippen LogP contribution >= 0.6 is 0 Å². The molecule has 0 aliphatic carbocycles. The van der Waals surface area contributed by atoms with Gasteiger partial charge >= 0.3 is 12.1 Å². The van der Waals surface area contributed by atoms with Gasteiger partial charge in [0, 0.05) is 0 Å². The summed E-state index contributed by atoms with van der Waals surface area (Å²) in [4.78, 5) is 23.4. The number of nitrogens with zero attached hydrogens (tertiary/aromatic N) is 1. The first-order valence-electron chi connectivity index (χ1n) is 5.79. The van der Waals surface area contributed by atoms with Gasteiger partial charge < -0.3 is 14.8 Å². The molecule has 0 saturated carbocycles. The largest absolute Gasteiger partial charge is 0.467 e. The van der Waals surface area contributed by atoms with E-state index < -0.39 is 23.2 Å². The van der Waals surface area contributed by atoms with E-state index in [9.17, 15) is 9.59 Å². The fourth-order valence-corrected chi connectivity index (χ4v) is 1.24. The van der Waals surface area contributed by atoms with Gasteiger partial charge in [0.15, 0.2) is 5.54 Å². The Morgan fingerprint density at radius 2 is 1.89 bits per heavy atom. The molecule has 0 aromatic rings. The second kappa shape index (κ2) is 6.78. The first kappa shape index (κ1) is 17.0. The summed E-state index contributed by atoms with van der Waals surface area (Å²) in [5, 5.41) is 10.9. The number of nitrogens with one attached hydrogen (secondary N) is 1. The van der Waals surface area contributed by atoms with Gasteiger partial charge in [0.05, 0.1) is 19.6 Å². The summed E-state index contributed by atoms with van der Waals surface area (Å²) >= 11 is 0. The maximum atomic E-state index is 11.7. The second-order valence-corrected chi connectivity index (χ2v) is 5.09. The van der Waals surface area contributed by atoms with Crippen molar-refractivity contribution in [1.82, 2.24) is 5.32 Å². The van der Waals surface area contributed by atoms with Crippen molar-refractivity contribution in [2.45, 2.75) is 45.3 Å². The molecular formula is C13H20N2O4. The minimum atomic E-state index is -1.37. The Morgan fingerprint density at radius 3 is 2.32 bits per heavy atom. The maximum absolute atomic E-state index is 11.7. The zero-order valence-corrected chi connectivity index (χ0v) is 11.9. The molecule has 6 nitrogen and oxygen atoms in total. The van der Waals surface area contributed by atoms with Crippen molar-refractivity contribution < 1.29 is 19.1 Å². The maximum Gasteiger partial charge on any atom is 0.408 e. The molecule has 0 fully saturated rings. The number of amides is 1. The molecule has 0 aromatic heterocycles. The third-order valence-corrected chi connectivity index (χ3v) is 2.03. The van der Waals surface area contributed by atoms with Gasteiger partial charge in [-0.3, -0.25) is 0 Å². The van der Waals surface area contributed by atoms with Crippen LogP contribution in [0.2, 0.25) is 0 Å². The van der Waals surface area contributed by atoms with E-state index in [1.807, 2.05) is 6.07 Å². The Morgan fingerprint density at radius 1 is 1.32 bits per heavy atom. The highest BCUT2D eigenvalue weighted by Gasteiger charge is 2.34. The molecule has 0 radical (unpaired) electrons. The molecule has 0 heterocycles. The number of nitriles is 1. The van der Waals surface area contributed by atoms with Crippen LogP contribution in [-0.4, -0.2) is 30.3 Å². The van der Waals surface area contributed by atoms with Gasteiger partial charge in [-0.2, -0.15) is 5.26 Å². The number of rotatable bonds is 4. The van der Waals surface area contributed by atoms with E-state index in [2.05, 4.69) is 10.1 Å². The van der Waals surface area contributed by atoms with E-state index in [-0.39, 0.29) is 6.42 Å². The number of ether oxygens (including phenoxy) is 2. The van der Waals surface area contributed by atoms with Crippen molar-refractivity contribution in [2.24, 2.45) is 0 Å². The van der Waals surface area contributed by atoms with Crippen LogP contribution in [0, 0.1) is 11.3 Å². The second-order valence-electron chi connectivity index (χ2n) is 5.09. The predicted molar refractivity (Wildman–Crippen MR) is 69.2 cm³/mol. The number of alkyl carbamates (subject to hydrolysis) is 1. The topological polar surface area (TPSA) is 88.4 Å². The molecule has 19 heavy (non-hydrogen) atoms. The lowest BCUT2D eigenvalue weighted by molar-refractivity contribution is -0.145. The summed E-state index contributed by atoms with van der Waals surface area (Å²) in [6, 6.07) is 1.91. The molecule has 106 valence electrons. The van der Waals surface area contributed by atoms with E-state index >= 15 is 0 Å². The molecule has 1 N–H and O–H groups in total. The van der Waals surface area contributed by atoms with E-state index in [0.717, 1.165) is 0 Å². The minimum Gasteiger partial charge on any atom is -0.467 e. The number of carbonyl (C=O) groups is 2. The van der Waals surface area contributed by atoms with Crippen LogP contribution in [0.5, 0.6) is 0 Å². The van der Waals surface area contributed by atoms with Crippen LogP contribution < -0.4 is 5.32 Å². The van der Waals surface area contributed by atoms with Gasteiger partial charge in [0.2, 0.25) is 0 Å². The molecule has 0 aromatic carbocycles. The lowest BCUT2D eigenvalue weighted by Gasteiger charge is -2.27. The quantitative estimate of drug-likeness (QED) is 0.621. The SMILES string of the molecule is COC(=O)[C@](C)(/C=C/CC#N)NC(=O)OC(C)(C)C. The van der Waals surface area contributed by atoms with Gasteiger partial charge in [0.25, 0.3) is 0 Å². The van der Waals surface area contributed by atoms with Crippen molar-refractivity contribution in [3.05, 3.63) is 12.2 Å². The first-order chi connectivity index (χ1) is 8.64. The molecule has 0 saturated heterocycles. The Labute approximate surface area is 113 Å². The standard InChI is InChI=1S/C13H20N2O4/c1-12(2,3)19-11(17)15-13(4,10(16)18-5)8-6-7-9-14/h6,8H,7H2,1-5H3,(H,15,17)/b8-6+/t13-/m0/s1. The molecule has 1 amide bonds. The highest BCUT2D eigenvalue weighted by molar-refractivity contribution is 5.87. The lowest BCUT2D eigenvalue weighted by atomic mass is 10.0. The number of allylic oxidation sites excluding steroid dienone is 1. The highest BCUT2D eigenvalue weighted by atomic mass is 16.6. The molecule has 0 bridgehead atoms. The third-order valence-electron chi connectivity index (χ3n) is 2.03. The van der Waals surface area contributed by atoms with Gasteiger partial charge in [-0.25, -0.2) is 9.59 Å². The smallest absolute Gasteiger partial charge is 0.408 e. The molecular weight excluding hydrogens is 248 g/mol. The number of carbonyl (C=O) groups excluding carboxylic acids is 2. The van der Waals surface area contributed by atoms with Gasteiger partial charge in [-0.15, -0.1) is 0 Å². The lowest BCUT2D eigenvalue weighted by Crippen LogP contribution is -2.52. The molecule has 0 rings (SSSR count). The number of methoxy groups -OCH3 is 1. The zero-order chi connectivity index (χ0) is 15.1. The van der Waals surface area contributed by atoms with Crippen LogP contribution in [0.1, 0.15) is 34.1 Å². The van der Waals surface area contributed by atoms with Gasteiger partial charge in [-0.05, 0) is 27.7 Å². The number of hydrogen-bond donors (Lipinski definition) is 1. The van der Waals surface area contributed by atoms with E-state index in [1.165, 1.54) is 26.2 Å². The molecule has 0 unspecified atom stereocenters. The van der Waals surface area contributed by atoms with Crippen LogP contribution in [0.4, 0.5) is 4.79 Å². The predicted octanol–water partition coefficient (Wildman–Crippen LogP) is 1.91. The van der Waals surface area contributed by atoms with Crippen molar-refractivity contribution in [3.8, 4) is 6.07 Å². The van der Waals surface area contributed by atoms with Crippen LogP contribution in [0.15, 0.2) is 12.2 Å². The van der Waals surface area contributed by atoms with Crippen molar-refractivity contribution >= 4 is 12.1 Å². The van der Waals surface area contributed by atoms with Crippen molar-refractivity contribution in [1.29, 1.82) is 5.26 Å². The van der Waals surface area contributed by atoms with E-state index in [1.54, 1.807) is 20.8 Å². The molecule has 1 atom stereocenters. The monoisotopic (exact) mass is 268 g/mol. The number of esters is 1. The highest BCUT2D eigenvalue weighted by Crippen LogP contribution is 2.12. The minimum absolute atomic E-state index is 0.128. The van der Waals surface area contributed by atoms with Crippen molar-refractivity contribution in [2.75, 3.05) is 7.11 Å². The average molecular weight is 268 g/mol. The van der Waals surface area contributed by atoms with Crippen LogP contribution in [-0.2, 0) is 14.3 Å². The summed E-state index contributed by atoms with van der Waals surface area (Å²) in [6.07, 6.45) is 2.28. The number of hydrogen-bond acceptors (Lipinski definition) is 5. The van der Waals surface area contributed by atoms with Crippen LogP contribution in [0.25, 0.3) is 0 Å². The molecule has 0 aliphatic rings. The zero-order valence-electron chi connectivity index (χ0n) is 11.9. The average Bonchev–Trinajstić information content (AvgIpc) is 2.25. The van der Waals surface area contributed by atoms with E-state index in [4.69, 9.17) is 10.00 Å². The Balaban J connectivity index is 4.93. The molecule has 6 heteroatoms. The van der Waals surface area contributed by atoms with Gasteiger partial charge in [0.1, 0.15) is 5.60 Å². The van der Waals surface area contributed by atoms with Crippen molar-refractivity contribution in [3.63, 3.8) is 0 Å².